The number of methoxy groups -OCH3 is 1. The van der Waals surface area contributed by atoms with Crippen molar-refractivity contribution in [2.45, 2.75) is 58.5 Å². The zero-order valence-electron chi connectivity index (χ0n) is 11.9. The summed E-state index contributed by atoms with van der Waals surface area (Å²) in [6.07, 6.45) is 8.92. The zero-order chi connectivity index (χ0) is 13.2. The number of aryl methyl sites for hydroxylation is 1. The third-order valence-corrected chi connectivity index (χ3v) is 3.18. The molecule has 3 nitrogen and oxygen atoms in total. The van der Waals surface area contributed by atoms with Gasteiger partial charge in [-0.2, -0.15) is 0 Å². The molecule has 0 fully saturated rings. The highest BCUT2D eigenvalue weighted by Gasteiger charge is 2.13. The quantitative estimate of drug-likeness (QED) is 0.465. The van der Waals surface area contributed by atoms with E-state index in [4.69, 9.17) is 13.9 Å². The lowest BCUT2D eigenvalue weighted by Gasteiger charge is -2.16. The Morgan fingerprint density at radius 3 is 2.72 bits per heavy atom. The molecule has 0 aliphatic carbocycles. The van der Waals surface area contributed by atoms with Crippen LogP contribution in [0.4, 0.5) is 0 Å². The Bertz CT molecular complexity index is 306. The van der Waals surface area contributed by atoms with Gasteiger partial charge >= 0.3 is 0 Å². The summed E-state index contributed by atoms with van der Waals surface area (Å²) >= 11 is 0. The van der Waals surface area contributed by atoms with E-state index >= 15 is 0 Å². The lowest BCUT2D eigenvalue weighted by atomic mass is 10.0. The molecule has 1 heterocycles. The van der Waals surface area contributed by atoms with Crippen LogP contribution in [0.25, 0.3) is 0 Å². The summed E-state index contributed by atoms with van der Waals surface area (Å²) in [5.74, 6) is 1.03. The van der Waals surface area contributed by atoms with Crippen molar-refractivity contribution in [3.63, 3.8) is 0 Å². The van der Waals surface area contributed by atoms with Gasteiger partial charge in [-0.05, 0) is 25.0 Å². The summed E-state index contributed by atoms with van der Waals surface area (Å²) in [6, 6.07) is 2.00. The zero-order valence-corrected chi connectivity index (χ0v) is 11.9. The van der Waals surface area contributed by atoms with Crippen LogP contribution in [-0.4, -0.2) is 20.0 Å². The molecule has 0 amide bonds. The average Bonchev–Trinajstić information content (AvgIpc) is 2.77. The van der Waals surface area contributed by atoms with E-state index in [2.05, 4.69) is 13.8 Å². The highest BCUT2D eigenvalue weighted by atomic mass is 16.7. The number of ether oxygens (including phenoxy) is 2. The van der Waals surface area contributed by atoms with E-state index in [0.717, 1.165) is 18.6 Å². The van der Waals surface area contributed by atoms with Gasteiger partial charge < -0.3 is 13.9 Å². The minimum absolute atomic E-state index is 0.201. The van der Waals surface area contributed by atoms with Crippen LogP contribution in [-0.2, 0) is 15.9 Å². The normalized spacial score (nSPS) is 12.8. The highest BCUT2D eigenvalue weighted by molar-refractivity contribution is 5.15. The Hall–Kier alpha value is -0.800. The molecule has 104 valence electrons. The van der Waals surface area contributed by atoms with Gasteiger partial charge in [0, 0.05) is 13.5 Å². The van der Waals surface area contributed by atoms with Crippen LogP contribution in [0.5, 0.6) is 0 Å². The molecular formula is C15H26O3. The summed E-state index contributed by atoms with van der Waals surface area (Å²) in [5.41, 5.74) is 1.20. The third kappa shape index (κ3) is 5.69. The minimum Gasteiger partial charge on any atom is -0.469 e. The summed E-state index contributed by atoms with van der Waals surface area (Å²) in [7, 11) is 1.66. The van der Waals surface area contributed by atoms with Crippen LogP contribution in [0.3, 0.4) is 0 Å². The largest absolute Gasteiger partial charge is 0.469 e. The lowest BCUT2D eigenvalue weighted by molar-refractivity contribution is -0.0754. The van der Waals surface area contributed by atoms with E-state index in [1.54, 1.807) is 13.4 Å². The van der Waals surface area contributed by atoms with Crippen LogP contribution in [0.2, 0.25) is 0 Å². The molecule has 0 aliphatic rings. The molecular weight excluding hydrogens is 228 g/mol. The first-order valence-electron chi connectivity index (χ1n) is 6.91. The molecule has 1 unspecified atom stereocenters. The molecule has 1 aromatic rings. The summed E-state index contributed by atoms with van der Waals surface area (Å²) in [6.45, 7) is 4.66. The molecule has 3 heteroatoms. The van der Waals surface area contributed by atoms with E-state index in [1.807, 2.05) is 6.07 Å². The fraction of sp³-hybridized carbons (Fsp3) is 0.733. The van der Waals surface area contributed by atoms with Gasteiger partial charge in [0.15, 0.2) is 0 Å². The lowest BCUT2D eigenvalue weighted by Crippen LogP contribution is -2.18. The second-order valence-electron chi connectivity index (χ2n) is 4.78. The number of furan rings is 1. The van der Waals surface area contributed by atoms with Gasteiger partial charge in [-0.15, -0.1) is 0 Å². The maximum Gasteiger partial charge on any atom is 0.146 e. The van der Waals surface area contributed by atoms with Crippen molar-refractivity contribution in [1.82, 2.24) is 0 Å². The average molecular weight is 254 g/mol. The van der Waals surface area contributed by atoms with Gasteiger partial charge in [-0.3, -0.25) is 0 Å². The Morgan fingerprint density at radius 2 is 2.11 bits per heavy atom. The van der Waals surface area contributed by atoms with Crippen molar-refractivity contribution in [1.29, 1.82) is 0 Å². The second-order valence-corrected chi connectivity index (χ2v) is 4.78. The first kappa shape index (κ1) is 15.3. The second kappa shape index (κ2) is 9.17. The summed E-state index contributed by atoms with van der Waals surface area (Å²) in [5, 5.41) is 0. The maximum atomic E-state index is 5.72. The molecule has 0 saturated heterocycles. The van der Waals surface area contributed by atoms with Crippen molar-refractivity contribution in [2.75, 3.05) is 13.9 Å². The standard InChI is InChI=1S/C15H26O3/c1-4-5-6-7-8-14(18-12-16-3)11-15-13(2)9-10-17-15/h9-10,14H,4-8,11-12H2,1-3H3. The molecule has 18 heavy (non-hydrogen) atoms. The van der Waals surface area contributed by atoms with Gasteiger partial charge in [-0.1, -0.05) is 32.6 Å². The molecule has 0 aliphatic heterocycles. The number of rotatable bonds is 10. The van der Waals surface area contributed by atoms with Crippen LogP contribution in [0, 0.1) is 6.92 Å². The van der Waals surface area contributed by atoms with Crippen molar-refractivity contribution < 1.29 is 13.9 Å². The molecule has 1 aromatic heterocycles. The first-order valence-corrected chi connectivity index (χ1v) is 6.91. The Morgan fingerprint density at radius 1 is 1.28 bits per heavy atom. The van der Waals surface area contributed by atoms with Crippen LogP contribution >= 0.6 is 0 Å². The molecule has 0 N–H and O–H groups in total. The fourth-order valence-corrected chi connectivity index (χ4v) is 2.03. The van der Waals surface area contributed by atoms with Crippen LogP contribution < -0.4 is 0 Å². The number of unbranched alkanes of at least 4 members (excludes halogenated alkanes) is 3. The van der Waals surface area contributed by atoms with E-state index < -0.39 is 0 Å². The van der Waals surface area contributed by atoms with E-state index in [9.17, 15) is 0 Å². The molecule has 1 rings (SSSR count). The fourth-order valence-electron chi connectivity index (χ4n) is 2.03. The predicted molar refractivity (Wildman–Crippen MR) is 72.7 cm³/mol. The minimum atomic E-state index is 0.201. The molecule has 0 radical (unpaired) electrons. The Kier molecular flexibility index (Phi) is 7.78. The number of hydrogen-bond donors (Lipinski definition) is 0. The maximum absolute atomic E-state index is 5.72. The Labute approximate surface area is 110 Å². The third-order valence-electron chi connectivity index (χ3n) is 3.18. The molecule has 0 spiro atoms. The molecule has 1 atom stereocenters. The van der Waals surface area contributed by atoms with Crippen molar-refractivity contribution in [3.05, 3.63) is 23.7 Å². The summed E-state index contributed by atoms with van der Waals surface area (Å²) in [4.78, 5) is 0. The van der Waals surface area contributed by atoms with Crippen molar-refractivity contribution in [2.24, 2.45) is 0 Å². The smallest absolute Gasteiger partial charge is 0.146 e. The van der Waals surface area contributed by atoms with E-state index in [0.29, 0.717) is 6.79 Å². The van der Waals surface area contributed by atoms with E-state index in [-0.39, 0.29) is 6.10 Å². The van der Waals surface area contributed by atoms with Crippen LogP contribution in [0.1, 0.15) is 50.4 Å². The SMILES string of the molecule is CCCCCCC(Cc1occc1C)OCOC. The van der Waals surface area contributed by atoms with Gasteiger partial charge in [0.25, 0.3) is 0 Å². The van der Waals surface area contributed by atoms with Gasteiger partial charge in [0.2, 0.25) is 0 Å². The van der Waals surface area contributed by atoms with Gasteiger partial charge in [0.1, 0.15) is 12.6 Å². The molecule has 0 bridgehead atoms. The summed E-state index contributed by atoms with van der Waals surface area (Å²) < 4.78 is 16.2. The molecule has 0 aromatic carbocycles. The van der Waals surface area contributed by atoms with Crippen molar-refractivity contribution >= 4 is 0 Å². The number of hydrogen-bond acceptors (Lipinski definition) is 3. The van der Waals surface area contributed by atoms with Crippen LogP contribution in [0.15, 0.2) is 16.7 Å². The predicted octanol–water partition coefficient (Wildman–Crippen LogP) is 4.09. The Balaban J connectivity index is 2.37. The van der Waals surface area contributed by atoms with Crippen molar-refractivity contribution in [3.8, 4) is 0 Å². The van der Waals surface area contributed by atoms with E-state index in [1.165, 1.54) is 31.2 Å². The van der Waals surface area contributed by atoms with Gasteiger partial charge in [-0.25, -0.2) is 0 Å². The highest BCUT2D eigenvalue weighted by Crippen LogP contribution is 2.17. The monoisotopic (exact) mass is 254 g/mol. The molecule has 0 saturated carbocycles. The topological polar surface area (TPSA) is 31.6 Å². The first-order chi connectivity index (χ1) is 8.77. The van der Waals surface area contributed by atoms with Gasteiger partial charge in [0.05, 0.1) is 12.4 Å².